The van der Waals surface area contributed by atoms with Crippen LogP contribution in [0.25, 0.3) is 11.3 Å². The van der Waals surface area contributed by atoms with Crippen LogP contribution in [0.3, 0.4) is 0 Å². The first kappa shape index (κ1) is 15.7. The van der Waals surface area contributed by atoms with E-state index >= 15 is 0 Å². The van der Waals surface area contributed by atoms with Gasteiger partial charge in [0.1, 0.15) is 15.1 Å². The van der Waals surface area contributed by atoms with Crippen LogP contribution in [0, 0.1) is 20.7 Å². The highest BCUT2D eigenvalue weighted by Gasteiger charge is 2.45. The Morgan fingerprint density at radius 3 is 2.36 bits per heavy atom. The largest absolute Gasteiger partial charge is 0.212 e. The Morgan fingerprint density at radius 1 is 0.929 bits per heavy atom. The highest BCUT2D eigenvalue weighted by molar-refractivity contribution is 7.02. The van der Waals surface area contributed by atoms with Crippen molar-refractivity contribution >= 4 is 18.4 Å². The molecular weight excluding hydrogens is 354 g/mol. The van der Waals surface area contributed by atoms with E-state index in [1.807, 2.05) is 18.5 Å². The molecule has 0 saturated heterocycles. The van der Waals surface area contributed by atoms with E-state index < -0.39 is 14.9 Å². The summed E-state index contributed by atoms with van der Waals surface area (Å²) in [6, 6.07) is 15.6. The Balaban J connectivity index is 2.09. The van der Waals surface area contributed by atoms with E-state index in [1.54, 1.807) is 6.20 Å². The maximum absolute atomic E-state index is 7.90. The van der Waals surface area contributed by atoms with Crippen molar-refractivity contribution in [2.24, 2.45) is 7.05 Å². The Morgan fingerprint density at radius 2 is 1.64 bits per heavy atom. The predicted molar refractivity (Wildman–Crippen MR) is 123 cm³/mol. The van der Waals surface area contributed by atoms with E-state index in [9.17, 15) is 0 Å². The first-order chi connectivity index (χ1) is 14.3. The zero-order valence-electron chi connectivity index (χ0n) is 21.1. The molecule has 0 N–H and O–H groups in total. The van der Waals surface area contributed by atoms with Crippen molar-refractivity contribution in [2.75, 3.05) is 0 Å². The fourth-order valence-corrected chi connectivity index (χ4v) is 8.93. The molecule has 2 heterocycles. The maximum Gasteiger partial charge on any atom is 0.212 e. The highest BCUT2D eigenvalue weighted by Crippen LogP contribution is 2.38. The molecule has 144 valence electrons. The first-order valence-corrected chi connectivity index (χ1v) is 13.0. The molecular formula is C26H32NSi+. The topological polar surface area (TPSA) is 3.88 Å². The molecule has 0 unspecified atom stereocenters. The minimum absolute atomic E-state index is 0.0802. The monoisotopic (exact) mass is 389 g/mol. The molecule has 0 fully saturated rings. The van der Waals surface area contributed by atoms with Gasteiger partial charge in [-0.1, -0.05) is 68.5 Å². The number of hydrogen-bond donors (Lipinski definition) is 0. The van der Waals surface area contributed by atoms with Crippen molar-refractivity contribution in [3.63, 3.8) is 0 Å². The lowest BCUT2D eigenvalue weighted by Crippen LogP contribution is -2.63. The molecule has 0 aliphatic carbocycles. The maximum atomic E-state index is 7.90. The van der Waals surface area contributed by atoms with Crippen LogP contribution < -0.4 is 14.9 Å². The second kappa shape index (κ2) is 6.15. The Bertz CT molecular complexity index is 1210. The van der Waals surface area contributed by atoms with Crippen molar-refractivity contribution in [2.45, 2.75) is 53.1 Å². The fraction of sp³-hybridized carbons (Fsp3) is 0.346. The minimum atomic E-state index is -2.11. The summed E-state index contributed by atoms with van der Waals surface area (Å²) in [5, 5.41) is 2.98. The van der Waals surface area contributed by atoms with E-state index in [1.165, 1.54) is 32.6 Å². The summed E-state index contributed by atoms with van der Waals surface area (Å²) in [7, 11) is -0.0228. The third kappa shape index (κ3) is 2.54. The van der Waals surface area contributed by atoms with Crippen LogP contribution in [-0.2, 0) is 12.5 Å². The standard InChI is InChI=1S/C26H32NSi/c1-17-13-14-21-25(24(17)22-15-18(2)19(3)16-27(22)6)28(7,8)23-12-10-9-11-20(23)26(21,4)5/h9-16H,1-8H3/q+1/i3D3. The molecule has 0 atom stereocenters. The van der Waals surface area contributed by atoms with Gasteiger partial charge in [0.15, 0.2) is 6.20 Å². The van der Waals surface area contributed by atoms with Crippen molar-refractivity contribution in [3.8, 4) is 11.3 Å². The normalized spacial score (nSPS) is 18.5. The summed E-state index contributed by atoms with van der Waals surface area (Å²) in [6.07, 6.45) is 1.80. The van der Waals surface area contributed by atoms with Crippen LogP contribution in [0.15, 0.2) is 48.7 Å². The minimum Gasteiger partial charge on any atom is -0.201 e. The second-order valence-electron chi connectivity index (χ2n) is 9.34. The van der Waals surface area contributed by atoms with Crippen LogP contribution in [0.2, 0.25) is 13.1 Å². The van der Waals surface area contributed by atoms with E-state index in [0.29, 0.717) is 5.56 Å². The van der Waals surface area contributed by atoms with Gasteiger partial charge in [0.25, 0.3) is 0 Å². The second-order valence-corrected chi connectivity index (χ2v) is 13.6. The van der Waals surface area contributed by atoms with Crippen molar-refractivity contribution in [1.82, 2.24) is 0 Å². The fourth-order valence-electron chi connectivity index (χ4n) is 5.06. The molecule has 0 spiro atoms. The zero-order valence-corrected chi connectivity index (χ0v) is 19.1. The van der Waals surface area contributed by atoms with Crippen LogP contribution in [0.1, 0.15) is 45.8 Å². The number of rotatable bonds is 1. The molecule has 0 amide bonds. The number of hydrogen-bond acceptors (Lipinski definition) is 0. The lowest BCUT2D eigenvalue weighted by molar-refractivity contribution is -0.660. The van der Waals surface area contributed by atoms with Crippen LogP contribution in [0.4, 0.5) is 0 Å². The average molecular weight is 390 g/mol. The van der Waals surface area contributed by atoms with Gasteiger partial charge < -0.3 is 0 Å². The smallest absolute Gasteiger partial charge is 0.201 e. The molecule has 28 heavy (non-hydrogen) atoms. The number of nitrogens with zero attached hydrogens (tertiary/aromatic N) is 1. The molecule has 4 rings (SSSR count). The summed E-state index contributed by atoms with van der Waals surface area (Å²) >= 11 is 0. The van der Waals surface area contributed by atoms with Gasteiger partial charge in [-0.05, 0) is 48.1 Å². The summed E-state index contributed by atoms with van der Waals surface area (Å²) in [5.41, 5.74) is 7.61. The van der Waals surface area contributed by atoms with Gasteiger partial charge in [-0.3, -0.25) is 0 Å². The first-order valence-electron chi connectivity index (χ1n) is 11.5. The zero-order chi connectivity index (χ0) is 22.9. The Labute approximate surface area is 175 Å². The average Bonchev–Trinajstić information content (AvgIpc) is 2.67. The number of aromatic nitrogens is 1. The lowest BCUT2D eigenvalue weighted by atomic mass is 9.76. The van der Waals surface area contributed by atoms with Crippen LogP contribution in [0.5, 0.6) is 0 Å². The van der Waals surface area contributed by atoms with Crippen molar-refractivity contribution < 1.29 is 8.68 Å². The van der Waals surface area contributed by atoms with E-state index in [-0.39, 0.29) is 5.41 Å². The van der Waals surface area contributed by atoms with Crippen molar-refractivity contribution in [3.05, 3.63) is 76.5 Å². The Kier molecular flexibility index (Phi) is 3.45. The van der Waals surface area contributed by atoms with E-state index in [0.717, 1.165) is 11.3 Å². The molecule has 2 heteroatoms. The number of fused-ring (bicyclic) bond motifs is 2. The molecule has 2 aromatic carbocycles. The number of aryl methyl sites for hydroxylation is 4. The molecule has 1 aliphatic rings. The molecule has 1 aliphatic heterocycles. The summed E-state index contributed by atoms with van der Waals surface area (Å²) in [6.45, 7) is 11.5. The predicted octanol–water partition coefficient (Wildman–Crippen LogP) is 4.57. The van der Waals surface area contributed by atoms with Gasteiger partial charge in [0, 0.05) is 26.7 Å². The SMILES string of the molecule is [2H]C([2H])([2H])c1c[n+](C)c(-c2c(C)ccc3c2[Si](C)(C)c2ccccc2C3(C)C)cc1C. The highest BCUT2D eigenvalue weighted by atomic mass is 28.3. The third-order valence-corrected chi connectivity index (χ3v) is 10.3. The molecule has 0 bridgehead atoms. The number of benzene rings is 2. The molecule has 0 saturated carbocycles. The third-order valence-electron chi connectivity index (χ3n) is 6.72. The van der Waals surface area contributed by atoms with Gasteiger partial charge in [0.05, 0.1) is 0 Å². The van der Waals surface area contributed by atoms with Crippen LogP contribution in [-0.4, -0.2) is 8.07 Å². The summed E-state index contributed by atoms with van der Waals surface area (Å²) in [5.74, 6) is 0. The van der Waals surface area contributed by atoms with Gasteiger partial charge >= 0.3 is 0 Å². The van der Waals surface area contributed by atoms with E-state index in [4.69, 9.17) is 4.11 Å². The van der Waals surface area contributed by atoms with E-state index in [2.05, 4.69) is 76.3 Å². The van der Waals surface area contributed by atoms with Gasteiger partial charge in [0.2, 0.25) is 5.69 Å². The van der Waals surface area contributed by atoms with Gasteiger partial charge in [-0.25, -0.2) is 4.57 Å². The van der Waals surface area contributed by atoms with Crippen molar-refractivity contribution in [1.29, 1.82) is 0 Å². The molecule has 1 aromatic heterocycles. The van der Waals surface area contributed by atoms with Crippen LogP contribution >= 0.6 is 0 Å². The Hall–Kier alpha value is -2.19. The molecule has 3 aromatic rings. The van der Waals surface area contributed by atoms with Gasteiger partial charge in [-0.15, -0.1) is 0 Å². The quantitative estimate of drug-likeness (QED) is 0.424. The lowest BCUT2D eigenvalue weighted by Gasteiger charge is -2.44. The summed E-state index contributed by atoms with van der Waals surface area (Å²) < 4.78 is 25.7. The number of pyridine rings is 1. The molecule has 0 radical (unpaired) electrons. The van der Waals surface area contributed by atoms with Gasteiger partial charge in [-0.2, -0.15) is 0 Å². The molecule has 1 nitrogen and oxygen atoms in total. The summed E-state index contributed by atoms with van der Waals surface area (Å²) in [4.78, 5) is 0.